The van der Waals surface area contributed by atoms with E-state index >= 15 is 0 Å². The molecule has 0 aliphatic carbocycles. The van der Waals surface area contributed by atoms with Crippen LogP contribution in [0.3, 0.4) is 0 Å². The van der Waals surface area contributed by atoms with Gasteiger partial charge in [0.1, 0.15) is 6.04 Å². The molecule has 0 unspecified atom stereocenters. The molecule has 1 N–H and O–H groups in total. The van der Waals surface area contributed by atoms with E-state index in [0.717, 1.165) is 11.1 Å². The zero-order valence-electron chi connectivity index (χ0n) is 16.8. The third-order valence-electron chi connectivity index (χ3n) is 4.51. The minimum absolute atomic E-state index is 0.0855. The van der Waals surface area contributed by atoms with Crippen LogP contribution in [0.15, 0.2) is 54.6 Å². The Balaban J connectivity index is 2.23. The molecule has 0 saturated carbocycles. The Morgan fingerprint density at radius 2 is 1.71 bits per heavy atom. The van der Waals surface area contributed by atoms with Crippen LogP contribution in [0, 0.1) is 5.92 Å². The summed E-state index contributed by atoms with van der Waals surface area (Å²) in [6, 6.07) is 16.5. The van der Waals surface area contributed by atoms with Crippen LogP contribution in [0.4, 0.5) is 0 Å². The number of nitrogens with one attached hydrogen (secondary N) is 1. The van der Waals surface area contributed by atoms with E-state index in [0.29, 0.717) is 30.5 Å². The molecule has 0 aromatic heterocycles. The zero-order chi connectivity index (χ0) is 20.5. The molecule has 0 radical (unpaired) electrons. The van der Waals surface area contributed by atoms with Crippen LogP contribution >= 0.6 is 11.6 Å². The molecule has 2 amide bonds. The number of carbonyl (C=O) groups is 2. The molecule has 2 rings (SSSR count). The molecule has 0 saturated heterocycles. The number of rotatable bonds is 9. The zero-order valence-corrected chi connectivity index (χ0v) is 17.6. The fraction of sp³-hybridized carbons (Fsp3) is 0.391. The fourth-order valence-electron chi connectivity index (χ4n) is 3.05. The Morgan fingerprint density at radius 1 is 1.04 bits per heavy atom. The molecule has 4 nitrogen and oxygen atoms in total. The molecule has 5 heteroatoms. The van der Waals surface area contributed by atoms with Crippen LogP contribution in [0.25, 0.3) is 0 Å². The Labute approximate surface area is 172 Å². The van der Waals surface area contributed by atoms with Gasteiger partial charge in [-0.05, 0) is 35.6 Å². The predicted molar refractivity (Wildman–Crippen MR) is 114 cm³/mol. The molecule has 0 aliphatic heterocycles. The third kappa shape index (κ3) is 6.68. The third-order valence-corrected chi connectivity index (χ3v) is 4.75. The largest absolute Gasteiger partial charge is 0.354 e. The van der Waals surface area contributed by atoms with Crippen molar-refractivity contribution in [2.24, 2.45) is 5.92 Å². The lowest BCUT2D eigenvalue weighted by Crippen LogP contribution is -2.50. The maximum absolute atomic E-state index is 13.2. The summed E-state index contributed by atoms with van der Waals surface area (Å²) in [5.74, 6) is 0.162. The number of nitrogens with zero attached hydrogens (tertiary/aromatic N) is 1. The summed E-state index contributed by atoms with van der Waals surface area (Å²) in [5.41, 5.74) is 1.84. The van der Waals surface area contributed by atoms with E-state index in [9.17, 15) is 9.59 Å². The molecule has 1 atom stereocenters. The average molecular weight is 401 g/mol. The number of amides is 2. The molecule has 0 fully saturated rings. The molecule has 28 heavy (non-hydrogen) atoms. The monoisotopic (exact) mass is 400 g/mol. The van der Waals surface area contributed by atoms with Crippen molar-refractivity contribution in [2.75, 3.05) is 6.54 Å². The van der Waals surface area contributed by atoms with Gasteiger partial charge in [0, 0.05) is 18.1 Å². The summed E-state index contributed by atoms with van der Waals surface area (Å²) >= 11 is 6.06. The first-order valence-electron chi connectivity index (χ1n) is 9.76. The van der Waals surface area contributed by atoms with Crippen LogP contribution < -0.4 is 5.32 Å². The van der Waals surface area contributed by atoms with Crippen molar-refractivity contribution >= 4 is 23.4 Å². The Hall–Kier alpha value is -2.33. The predicted octanol–water partition coefficient (Wildman–Crippen LogP) is 4.46. The van der Waals surface area contributed by atoms with Crippen LogP contribution in [-0.4, -0.2) is 29.3 Å². The number of benzene rings is 2. The second-order valence-electron chi connectivity index (χ2n) is 7.38. The highest BCUT2D eigenvalue weighted by atomic mass is 35.5. The molecule has 150 valence electrons. The van der Waals surface area contributed by atoms with Gasteiger partial charge in [-0.3, -0.25) is 9.59 Å². The molecule has 0 spiro atoms. The van der Waals surface area contributed by atoms with E-state index in [4.69, 9.17) is 11.6 Å². The van der Waals surface area contributed by atoms with Crippen molar-refractivity contribution in [2.45, 2.75) is 46.2 Å². The summed E-state index contributed by atoms with van der Waals surface area (Å²) in [6.07, 6.45) is 0.763. The van der Waals surface area contributed by atoms with Gasteiger partial charge < -0.3 is 10.2 Å². The van der Waals surface area contributed by atoms with Crippen molar-refractivity contribution < 1.29 is 9.59 Å². The van der Waals surface area contributed by atoms with E-state index < -0.39 is 6.04 Å². The van der Waals surface area contributed by atoms with Gasteiger partial charge >= 0.3 is 0 Å². The highest BCUT2D eigenvalue weighted by molar-refractivity contribution is 6.30. The van der Waals surface area contributed by atoms with Crippen molar-refractivity contribution in [1.82, 2.24) is 10.2 Å². The quantitative estimate of drug-likeness (QED) is 0.675. The van der Waals surface area contributed by atoms with Gasteiger partial charge in [-0.25, -0.2) is 0 Å². The van der Waals surface area contributed by atoms with Gasteiger partial charge in [-0.1, -0.05) is 74.8 Å². The first-order chi connectivity index (χ1) is 13.4. The number of hydrogen-bond acceptors (Lipinski definition) is 2. The fourth-order valence-corrected chi connectivity index (χ4v) is 3.26. The van der Waals surface area contributed by atoms with Crippen LogP contribution in [0.1, 0.15) is 38.3 Å². The Kier molecular flexibility index (Phi) is 8.52. The number of carbonyl (C=O) groups excluding carboxylic acids is 2. The molecule has 0 aliphatic rings. The summed E-state index contributed by atoms with van der Waals surface area (Å²) in [6.45, 7) is 7.02. The number of hydrogen-bond donors (Lipinski definition) is 1. The summed E-state index contributed by atoms with van der Waals surface area (Å²) in [7, 11) is 0. The van der Waals surface area contributed by atoms with Crippen molar-refractivity contribution in [3.63, 3.8) is 0 Å². The first-order valence-corrected chi connectivity index (χ1v) is 10.1. The molecule has 0 bridgehead atoms. The van der Waals surface area contributed by atoms with Crippen molar-refractivity contribution in [1.29, 1.82) is 0 Å². The summed E-state index contributed by atoms with van der Waals surface area (Å²) in [5, 5.41) is 3.57. The van der Waals surface area contributed by atoms with Gasteiger partial charge in [0.05, 0.1) is 6.42 Å². The summed E-state index contributed by atoms with van der Waals surface area (Å²) < 4.78 is 0. The standard InChI is InChI=1S/C23H29ClN2O2/c1-4-21(23(28)25-15-17(2)3)26(16-18-9-6-5-7-10-18)22(27)14-19-11-8-12-20(24)13-19/h5-13,17,21H,4,14-16H2,1-3H3,(H,25,28)/t21-/m1/s1. The normalized spacial score (nSPS) is 11.9. The van der Waals surface area contributed by atoms with Crippen LogP contribution in [0.5, 0.6) is 0 Å². The maximum Gasteiger partial charge on any atom is 0.242 e. The van der Waals surface area contributed by atoms with Crippen molar-refractivity contribution in [3.8, 4) is 0 Å². The van der Waals surface area contributed by atoms with Gasteiger partial charge in [-0.15, -0.1) is 0 Å². The molecular weight excluding hydrogens is 372 g/mol. The molecule has 2 aromatic rings. The smallest absolute Gasteiger partial charge is 0.242 e. The van der Waals surface area contributed by atoms with Crippen LogP contribution in [0.2, 0.25) is 5.02 Å². The lowest BCUT2D eigenvalue weighted by molar-refractivity contribution is -0.141. The SMILES string of the molecule is CC[C@H](C(=O)NCC(C)C)N(Cc1ccccc1)C(=O)Cc1cccc(Cl)c1. The van der Waals surface area contributed by atoms with Crippen LogP contribution in [-0.2, 0) is 22.6 Å². The maximum atomic E-state index is 13.2. The minimum atomic E-state index is -0.509. The van der Waals surface area contributed by atoms with E-state index in [-0.39, 0.29) is 18.2 Å². The Morgan fingerprint density at radius 3 is 2.32 bits per heavy atom. The average Bonchev–Trinajstić information content (AvgIpc) is 2.67. The topological polar surface area (TPSA) is 49.4 Å². The van der Waals surface area contributed by atoms with Crippen molar-refractivity contribution in [3.05, 3.63) is 70.7 Å². The first kappa shape index (κ1) is 22.0. The molecular formula is C23H29ClN2O2. The van der Waals surface area contributed by atoms with E-state index in [1.54, 1.807) is 17.0 Å². The molecule has 0 heterocycles. The van der Waals surface area contributed by atoms with Gasteiger partial charge in [0.2, 0.25) is 11.8 Å². The van der Waals surface area contributed by atoms with E-state index in [1.807, 2.05) is 63.2 Å². The lowest BCUT2D eigenvalue weighted by Gasteiger charge is -2.31. The molecule has 2 aromatic carbocycles. The van der Waals surface area contributed by atoms with Gasteiger partial charge in [0.25, 0.3) is 0 Å². The highest BCUT2D eigenvalue weighted by Gasteiger charge is 2.28. The van der Waals surface area contributed by atoms with E-state index in [2.05, 4.69) is 5.32 Å². The van der Waals surface area contributed by atoms with E-state index in [1.165, 1.54) is 0 Å². The summed E-state index contributed by atoms with van der Waals surface area (Å²) in [4.78, 5) is 27.7. The second kappa shape index (κ2) is 10.9. The van der Waals surface area contributed by atoms with Gasteiger partial charge in [-0.2, -0.15) is 0 Å². The minimum Gasteiger partial charge on any atom is -0.354 e. The Bertz CT molecular complexity index is 777. The number of halogens is 1. The highest BCUT2D eigenvalue weighted by Crippen LogP contribution is 2.16. The lowest BCUT2D eigenvalue weighted by atomic mass is 10.1. The second-order valence-corrected chi connectivity index (χ2v) is 7.81. The van der Waals surface area contributed by atoms with Gasteiger partial charge in [0.15, 0.2) is 0 Å².